The zero-order chi connectivity index (χ0) is 37.6. The van der Waals surface area contributed by atoms with Gasteiger partial charge in [-0.1, -0.05) is 176 Å². The van der Waals surface area contributed by atoms with Gasteiger partial charge in [-0.3, -0.25) is 4.57 Å². The number of aromatic nitrogens is 2. The molecule has 1 aromatic heterocycles. The average Bonchev–Trinajstić information content (AvgIpc) is 3.65. The summed E-state index contributed by atoms with van der Waals surface area (Å²) in [6, 6.07) is 67.7. The van der Waals surface area contributed by atoms with Gasteiger partial charge in [-0.2, -0.15) is 0 Å². The Kier molecular flexibility index (Phi) is 8.23. The number of rotatable bonds is 7. The number of nitrogens with zero attached hydrogens (tertiary/aromatic N) is 2. The van der Waals surface area contributed by atoms with Crippen LogP contribution in [0.5, 0.6) is 0 Å². The van der Waals surface area contributed by atoms with Crippen LogP contribution in [0.3, 0.4) is 0 Å². The van der Waals surface area contributed by atoms with Crippen molar-refractivity contribution < 1.29 is 0 Å². The van der Waals surface area contributed by atoms with Crippen LogP contribution in [0.4, 0.5) is 0 Å². The van der Waals surface area contributed by atoms with E-state index < -0.39 is 0 Å². The SMILES string of the molecule is C=C/C=C(\c1ccccc1C)c1c2ccccc2c(-c2cccc3ccccc23)c2cc(-c3ccc(-c4nc5ccccc5n4-c4ccccc4)cc3)ccc12. The molecule has 56 heavy (non-hydrogen) atoms. The van der Waals surface area contributed by atoms with Gasteiger partial charge in [-0.15, -0.1) is 0 Å². The van der Waals surface area contributed by atoms with E-state index in [1.54, 1.807) is 0 Å². The van der Waals surface area contributed by atoms with Crippen LogP contribution in [0.15, 0.2) is 207 Å². The zero-order valence-electron chi connectivity index (χ0n) is 31.2. The van der Waals surface area contributed by atoms with Crippen molar-refractivity contribution in [2.45, 2.75) is 6.92 Å². The van der Waals surface area contributed by atoms with Crippen molar-refractivity contribution >= 4 is 48.9 Å². The number of hydrogen-bond donors (Lipinski definition) is 0. The molecule has 0 aliphatic heterocycles. The third-order valence-corrected chi connectivity index (χ3v) is 11.1. The van der Waals surface area contributed by atoms with Gasteiger partial charge in [-0.05, 0) is 114 Å². The van der Waals surface area contributed by atoms with Crippen LogP contribution in [-0.4, -0.2) is 9.55 Å². The first-order valence-corrected chi connectivity index (χ1v) is 19.2. The van der Waals surface area contributed by atoms with E-state index in [-0.39, 0.29) is 0 Å². The predicted octanol–water partition coefficient (Wildman–Crippen LogP) is 14.4. The molecule has 0 saturated carbocycles. The number of fused-ring (bicyclic) bond motifs is 4. The van der Waals surface area contributed by atoms with Crippen molar-refractivity contribution in [3.63, 3.8) is 0 Å². The fourth-order valence-electron chi connectivity index (χ4n) is 8.55. The monoisotopic (exact) mass is 714 g/mol. The van der Waals surface area contributed by atoms with Gasteiger partial charge in [0.15, 0.2) is 0 Å². The molecule has 2 heteroatoms. The number of benzene rings is 9. The van der Waals surface area contributed by atoms with Crippen molar-refractivity contribution in [3.05, 3.63) is 223 Å². The summed E-state index contributed by atoms with van der Waals surface area (Å²) in [5.74, 6) is 0.926. The molecule has 0 fully saturated rings. The second-order valence-electron chi connectivity index (χ2n) is 14.4. The lowest BCUT2D eigenvalue weighted by molar-refractivity contribution is 1.10. The topological polar surface area (TPSA) is 17.8 Å². The van der Waals surface area contributed by atoms with Gasteiger partial charge in [0.2, 0.25) is 0 Å². The van der Waals surface area contributed by atoms with Gasteiger partial charge in [0.05, 0.1) is 11.0 Å². The van der Waals surface area contributed by atoms with E-state index in [0.717, 1.165) is 39.2 Å². The molecule has 9 aromatic carbocycles. The molecule has 0 radical (unpaired) electrons. The van der Waals surface area contributed by atoms with Gasteiger partial charge in [-0.25, -0.2) is 4.98 Å². The van der Waals surface area contributed by atoms with E-state index in [1.165, 1.54) is 65.7 Å². The Balaban J connectivity index is 1.22. The fraction of sp³-hybridized carbons (Fsp3) is 0.0185. The molecule has 10 aromatic rings. The molecule has 0 aliphatic carbocycles. The number of hydrogen-bond acceptors (Lipinski definition) is 1. The van der Waals surface area contributed by atoms with Crippen LogP contribution in [0.1, 0.15) is 16.7 Å². The summed E-state index contributed by atoms with van der Waals surface area (Å²) in [6.45, 7) is 6.37. The molecule has 2 nitrogen and oxygen atoms in total. The molecular weight excluding hydrogens is 677 g/mol. The van der Waals surface area contributed by atoms with E-state index in [1.807, 2.05) is 6.08 Å². The van der Waals surface area contributed by atoms with Gasteiger partial charge >= 0.3 is 0 Å². The Morgan fingerprint density at radius 1 is 0.536 bits per heavy atom. The Bertz CT molecular complexity index is 3140. The minimum Gasteiger partial charge on any atom is -0.292 e. The van der Waals surface area contributed by atoms with Crippen LogP contribution >= 0.6 is 0 Å². The zero-order valence-corrected chi connectivity index (χ0v) is 31.2. The third kappa shape index (κ3) is 5.54. The number of aryl methyl sites for hydroxylation is 1. The first-order valence-electron chi connectivity index (χ1n) is 19.2. The van der Waals surface area contributed by atoms with Crippen LogP contribution in [0, 0.1) is 6.92 Å². The number of allylic oxidation sites excluding steroid dienone is 2. The summed E-state index contributed by atoms with van der Waals surface area (Å²) in [6.07, 6.45) is 4.10. The van der Waals surface area contributed by atoms with E-state index in [2.05, 4.69) is 212 Å². The standard InChI is InChI=1S/C54H38N2/c1-3-16-44(42-22-9-7-17-36(42)2)52-46-24-11-12-25-47(46)53(45-26-15-19-38-18-8-10-23-43(38)45)49-35-40(33-34-48(49)52)37-29-31-39(32-30-37)54-55-50-27-13-14-28-51(50)56(54)41-20-5-4-6-21-41/h3-35H,1H2,2H3/b44-16+. The molecule has 0 unspecified atom stereocenters. The molecule has 0 N–H and O–H groups in total. The third-order valence-electron chi connectivity index (χ3n) is 11.1. The minimum atomic E-state index is 0.926. The fourth-order valence-corrected chi connectivity index (χ4v) is 8.55. The first-order chi connectivity index (χ1) is 27.7. The van der Waals surface area contributed by atoms with E-state index >= 15 is 0 Å². The van der Waals surface area contributed by atoms with E-state index in [0.29, 0.717) is 0 Å². The molecule has 0 saturated heterocycles. The molecular formula is C54H38N2. The van der Waals surface area contributed by atoms with Crippen molar-refractivity contribution in [1.29, 1.82) is 0 Å². The summed E-state index contributed by atoms with van der Waals surface area (Å²) in [7, 11) is 0. The summed E-state index contributed by atoms with van der Waals surface area (Å²) < 4.78 is 2.26. The molecule has 0 aliphatic rings. The maximum Gasteiger partial charge on any atom is 0.145 e. The highest BCUT2D eigenvalue weighted by atomic mass is 15.1. The molecule has 264 valence electrons. The number of imidazole rings is 1. The van der Waals surface area contributed by atoms with Gasteiger partial charge in [0.25, 0.3) is 0 Å². The van der Waals surface area contributed by atoms with Gasteiger partial charge in [0.1, 0.15) is 5.82 Å². The Labute approximate surface area is 327 Å². The highest BCUT2D eigenvalue weighted by molar-refractivity contribution is 6.22. The Hall–Kier alpha value is -7.29. The minimum absolute atomic E-state index is 0.926. The average molecular weight is 715 g/mol. The lowest BCUT2D eigenvalue weighted by atomic mass is 9.81. The Morgan fingerprint density at radius 3 is 2.00 bits per heavy atom. The summed E-state index contributed by atoms with van der Waals surface area (Å²) >= 11 is 0. The van der Waals surface area contributed by atoms with Crippen LogP contribution in [0.2, 0.25) is 0 Å². The predicted molar refractivity (Wildman–Crippen MR) is 238 cm³/mol. The maximum absolute atomic E-state index is 5.12. The molecule has 0 atom stereocenters. The Morgan fingerprint density at radius 2 is 1.18 bits per heavy atom. The lowest BCUT2D eigenvalue weighted by Gasteiger charge is -2.22. The van der Waals surface area contributed by atoms with E-state index in [4.69, 9.17) is 4.98 Å². The van der Waals surface area contributed by atoms with Crippen LogP contribution in [0.25, 0.3) is 88.3 Å². The van der Waals surface area contributed by atoms with Crippen molar-refractivity contribution in [2.24, 2.45) is 0 Å². The van der Waals surface area contributed by atoms with E-state index in [9.17, 15) is 0 Å². The summed E-state index contributed by atoms with van der Waals surface area (Å²) in [4.78, 5) is 5.12. The van der Waals surface area contributed by atoms with Crippen molar-refractivity contribution in [2.75, 3.05) is 0 Å². The highest BCUT2D eigenvalue weighted by Crippen LogP contribution is 2.46. The molecule has 10 rings (SSSR count). The van der Waals surface area contributed by atoms with Crippen molar-refractivity contribution in [1.82, 2.24) is 9.55 Å². The normalized spacial score (nSPS) is 11.8. The molecule has 0 bridgehead atoms. The molecule has 1 heterocycles. The highest BCUT2D eigenvalue weighted by Gasteiger charge is 2.21. The second-order valence-corrected chi connectivity index (χ2v) is 14.4. The first kappa shape index (κ1) is 33.3. The molecule has 0 amide bonds. The molecule has 0 spiro atoms. The summed E-state index contributed by atoms with van der Waals surface area (Å²) in [5, 5.41) is 7.34. The van der Waals surface area contributed by atoms with Gasteiger partial charge in [0, 0.05) is 11.3 Å². The lowest BCUT2D eigenvalue weighted by Crippen LogP contribution is -1.98. The largest absolute Gasteiger partial charge is 0.292 e. The van der Waals surface area contributed by atoms with Crippen LogP contribution in [-0.2, 0) is 0 Å². The van der Waals surface area contributed by atoms with Crippen molar-refractivity contribution in [3.8, 4) is 39.3 Å². The second kappa shape index (κ2) is 13.8. The number of para-hydroxylation sites is 3. The quantitative estimate of drug-likeness (QED) is 0.119. The van der Waals surface area contributed by atoms with Crippen LogP contribution < -0.4 is 0 Å². The van der Waals surface area contributed by atoms with Gasteiger partial charge < -0.3 is 0 Å². The smallest absolute Gasteiger partial charge is 0.145 e. The summed E-state index contributed by atoms with van der Waals surface area (Å²) in [5.41, 5.74) is 13.8. The maximum atomic E-state index is 5.12.